The molecule has 3 rings (SSSR count). The van der Waals surface area contributed by atoms with E-state index in [0.717, 1.165) is 25.2 Å². The summed E-state index contributed by atoms with van der Waals surface area (Å²) in [6, 6.07) is 3.49. The number of hydrogen-bond acceptors (Lipinski definition) is 7. The summed E-state index contributed by atoms with van der Waals surface area (Å²) in [6.07, 6.45) is 3.22. The molecule has 0 radical (unpaired) electrons. The molecule has 144 valence electrons. The number of nitrogens with one attached hydrogen (secondary N) is 1. The number of aromatic nitrogens is 3. The molecule has 0 saturated carbocycles. The normalized spacial score (nSPS) is 17.1. The van der Waals surface area contributed by atoms with Crippen LogP contribution in [0.1, 0.15) is 54.7 Å². The first-order valence-corrected chi connectivity index (χ1v) is 9.05. The van der Waals surface area contributed by atoms with Crippen molar-refractivity contribution >= 4 is 17.6 Å². The van der Waals surface area contributed by atoms with E-state index in [-0.39, 0.29) is 30.2 Å². The van der Waals surface area contributed by atoms with Crippen molar-refractivity contribution in [1.82, 2.24) is 20.4 Å². The largest absolute Gasteiger partial charge is 0.369 e. The Labute approximate surface area is 157 Å². The topological polar surface area (TPSA) is 127 Å². The average Bonchev–Trinajstić information content (AvgIpc) is 3.16. The van der Waals surface area contributed by atoms with Gasteiger partial charge in [-0.3, -0.25) is 9.59 Å². The molecule has 1 aliphatic heterocycles. The first kappa shape index (κ1) is 18.8. The highest BCUT2D eigenvalue weighted by molar-refractivity contribution is 5.94. The van der Waals surface area contributed by atoms with Crippen LogP contribution in [-0.4, -0.2) is 40.0 Å². The smallest absolute Gasteiger partial charge is 0.253 e. The molecule has 3 heterocycles. The van der Waals surface area contributed by atoms with E-state index in [9.17, 15) is 9.59 Å². The van der Waals surface area contributed by atoms with Crippen LogP contribution in [0.3, 0.4) is 0 Å². The molecule has 3 N–H and O–H groups in total. The lowest BCUT2D eigenvalue weighted by Crippen LogP contribution is -2.41. The highest BCUT2D eigenvalue weighted by Crippen LogP contribution is 2.21. The Kier molecular flexibility index (Phi) is 5.68. The molecule has 1 atom stereocenters. The second-order valence-electron chi connectivity index (χ2n) is 6.98. The van der Waals surface area contributed by atoms with Gasteiger partial charge in [-0.2, -0.15) is 4.98 Å². The van der Waals surface area contributed by atoms with Crippen molar-refractivity contribution in [3.05, 3.63) is 35.6 Å². The maximum atomic E-state index is 12.3. The number of piperidine rings is 1. The molecule has 0 aliphatic carbocycles. The van der Waals surface area contributed by atoms with Crippen LogP contribution >= 0.6 is 0 Å². The van der Waals surface area contributed by atoms with Crippen molar-refractivity contribution in [2.24, 2.45) is 11.7 Å². The zero-order chi connectivity index (χ0) is 19.4. The van der Waals surface area contributed by atoms with Crippen molar-refractivity contribution in [2.75, 3.05) is 18.0 Å². The minimum absolute atomic E-state index is 0.141. The van der Waals surface area contributed by atoms with Crippen LogP contribution in [0.5, 0.6) is 0 Å². The Morgan fingerprint density at radius 2 is 2.22 bits per heavy atom. The molecule has 2 amide bonds. The van der Waals surface area contributed by atoms with Gasteiger partial charge in [0, 0.05) is 25.2 Å². The Bertz CT molecular complexity index is 802. The fourth-order valence-corrected chi connectivity index (χ4v) is 2.96. The molecular weight excluding hydrogens is 348 g/mol. The molecule has 0 aromatic carbocycles. The molecule has 2 aromatic heterocycles. The number of pyridine rings is 1. The summed E-state index contributed by atoms with van der Waals surface area (Å²) < 4.78 is 5.11. The molecule has 1 fully saturated rings. The van der Waals surface area contributed by atoms with Gasteiger partial charge in [0.1, 0.15) is 5.82 Å². The lowest BCUT2D eigenvalue weighted by atomic mass is 9.97. The number of primary amides is 1. The van der Waals surface area contributed by atoms with Gasteiger partial charge in [-0.25, -0.2) is 4.98 Å². The van der Waals surface area contributed by atoms with Crippen molar-refractivity contribution in [3.8, 4) is 0 Å². The van der Waals surface area contributed by atoms with Crippen LogP contribution in [0, 0.1) is 5.92 Å². The van der Waals surface area contributed by atoms with Gasteiger partial charge in [0.25, 0.3) is 5.91 Å². The van der Waals surface area contributed by atoms with Gasteiger partial charge < -0.3 is 20.5 Å². The van der Waals surface area contributed by atoms with Crippen molar-refractivity contribution in [3.63, 3.8) is 0 Å². The molecule has 1 saturated heterocycles. The van der Waals surface area contributed by atoms with E-state index in [2.05, 4.69) is 20.4 Å². The van der Waals surface area contributed by atoms with E-state index in [1.54, 1.807) is 12.1 Å². The van der Waals surface area contributed by atoms with Gasteiger partial charge in [-0.15, -0.1) is 0 Å². The molecule has 0 bridgehead atoms. The maximum Gasteiger partial charge on any atom is 0.253 e. The van der Waals surface area contributed by atoms with E-state index in [1.807, 2.05) is 18.7 Å². The number of anilines is 1. The highest BCUT2D eigenvalue weighted by Gasteiger charge is 2.24. The number of carbonyl (C=O) groups excluding carboxylic acids is 2. The molecule has 9 heteroatoms. The number of nitrogens with two attached hydrogens (primary N) is 1. The van der Waals surface area contributed by atoms with Crippen molar-refractivity contribution < 1.29 is 14.1 Å². The summed E-state index contributed by atoms with van der Waals surface area (Å²) in [5.74, 6) is 1.15. The van der Waals surface area contributed by atoms with Crippen LogP contribution in [0.15, 0.2) is 22.9 Å². The molecule has 2 aromatic rings. The average molecular weight is 372 g/mol. The summed E-state index contributed by atoms with van der Waals surface area (Å²) >= 11 is 0. The zero-order valence-electron chi connectivity index (χ0n) is 15.5. The van der Waals surface area contributed by atoms with E-state index in [1.165, 1.54) is 6.20 Å². The second kappa shape index (κ2) is 8.15. The van der Waals surface area contributed by atoms with Crippen LogP contribution in [0.25, 0.3) is 0 Å². The van der Waals surface area contributed by atoms with Gasteiger partial charge in [-0.1, -0.05) is 19.0 Å². The zero-order valence-corrected chi connectivity index (χ0v) is 15.5. The minimum Gasteiger partial charge on any atom is -0.369 e. The fourth-order valence-electron chi connectivity index (χ4n) is 2.96. The highest BCUT2D eigenvalue weighted by atomic mass is 16.5. The van der Waals surface area contributed by atoms with Gasteiger partial charge in [0.2, 0.25) is 11.8 Å². The quantitative estimate of drug-likeness (QED) is 0.780. The Morgan fingerprint density at radius 3 is 2.85 bits per heavy atom. The van der Waals surface area contributed by atoms with E-state index < -0.39 is 0 Å². The third kappa shape index (κ3) is 4.60. The standard InChI is InChI=1S/C18H24N6O3/c1-11(2)18-22-14(23-27-18)9-21-17(26)12-5-6-15(20-8-12)24-7-3-4-13(10-24)16(19)25/h5-6,8,11,13H,3-4,7,9-10H2,1-2H3,(H2,19,25)(H,21,26)/t13-/m0/s1. The molecular formula is C18H24N6O3. The number of rotatable bonds is 6. The number of amides is 2. The van der Waals surface area contributed by atoms with Crippen molar-refractivity contribution in [2.45, 2.75) is 39.2 Å². The molecule has 0 spiro atoms. The molecule has 27 heavy (non-hydrogen) atoms. The molecule has 0 unspecified atom stereocenters. The Morgan fingerprint density at radius 1 is 1.41 bits per heavy atom. The number of nitrogens with zero attached hydrogens (tertiary/aromatic N) is 4. The van der Waals surface area contributed by atoms with Gasteiger partial charge >= 0.3 is 0 Å². The molecule has 1 aliphatic rings. The predicted molar refractivity (Wildman–Crippen MR) is 97.9 cm³/mol. The first-order valence-electron chi connectivity index (χ1n) is 9.05. The monoisotopic (exact) mass is 372 g/mol. The second-order valence-corrected chi connectivity index (χ2v) is 6.98. The van der Waals surface area contributed by atoms with Crippen LogP contribution in [-0.2, 0) is 11.3 Å². The van der Waals surface area contributed by atoms with Crippen molar-refractivity contribution in [1.29, 1.82) is 0 Å². The van der Waals surface area contributed by atoms with E-state index in [0.29, 0.717) is 23.8 Å². The molecule has 9 nitrogen and oxygen atoms in total. The Balaban J connectivity index is 1.57. The summed E-state index contributed by atoms with van der Waals surface area (Å²) in [6.45, 7) is 5.47. The SMILES string of the molecule is CC(C)c1nc(CNC(=O)c2ccc(N3CCC[C@H](C(N)=O)C3)nc2)no1. The van der Waals surface area contributed by atoms with Crippen LogP contribution in [0.2, 0.25) is 0 Å². The van der Waals surface area contributed by atoms with Crippen LogP contribution < -0.4 is 16.0 Å². The van der Waals surface area contributed by atoms with E-state index in [4.69, 9.17) is 10.3 Å². The third-order valence-corrected chi connectivity index (χ3v) is 4.54. The maximum absolute atomic E-state index is 12.3. The summed E-state index contributed by atoms with van der Waals surface area (Å²) in [4.78, 5) is 34.3. The first-order chi connectivity index (χ1) is 12.9. The lowest BCUT2D eigenvalue weighted by molar-refractivity contribution is -0.122. The number of carbonyl (C=O) groups is 2. The fraction of sp³-hybridized carbons (Fsp3) is 0.500. The van der Waals surface area contributed by atoms with Gasteiger partial charge in [0.15, 0.2) is 5.82 Å². The van der Waals surface area contributed by atoms with E-state index >= 15 is 0 Å². The third-order valence-electron chi connectivity index (χ3n) is 4.54. The van der Waals surface area contributed by atoms with Gasteiger partial charge in [-0.05, 0) is 25.0 Å². The Hall–Kier alpha value is -2.97. The summed E-state index contributed by atoms with van der Waals surface area (Å²) in [7, 11) is 0. The summed E-state index contributed by atoms with van der Waals surface area (Å²) in [5, 5.41) is 6.59. The van der Waals surface area contributed by atoms with Gasteiger partial charge in [0.05, 0.1) is 18.0 Å². The lowest BCUT2D eigenvalue weighted by Gasteiger charge is -2.32. The van der Waals surface area contributed by atoms with Crippen LogP contribution in [0.4, 0.5) is 5.82 Å². The minimum atomic E-state index is -0.280. The number of hydrogen-bond donors (Lipinski definition) is 2. The predicted octanol–water partition coefficient (Wildman–Crippen LogP) is 1.22. The summed E-state index contributed by atoms with van der Waals surface area (Å²) in [5.41, 5.74) is 5.85.